The van der Waals surface area contributed by atoms with E-state index in [0.29, 0.717) is 11.7 Å². The number of rotatable bonds is 2. The van der Waals surface area contributed by atoms with E-state index in [1.165, 1.54) is 5.56 Å². The molecule has 1 aliphatic heterocycles. The smallest absolute Gasteiger partial charge is 0.410 e. The van der Waals surface area contributed by atoms with Crippen molar-refractivity contribution >= 4 is 6.09 Å². The lowest BCUT2D eigenvalue weighted by molar-refractivity contribution is 0.138. The van der Waals surface area contributed by atoms with Crippen molar-refractivity contribution in [2.45, 2.75) is 18.8 Å². The molecule has 3 heteroatoms. The van der Waals surface area contributed by atoms with Gasteiger partial charge < -0.3 is 9.64 Å². The fourth-order valence-corrected chi connectivity index (χ4v) is 2.77. The summed E-state index contributed by atoms with van der Waals surface area (Å²) in [6, 6.07) is 19.8. The van der Waals surface area contributed by atoms with Crippen LogP contribution in [0.25, 0.3) is 0 Å². The van der Waals surface area contributed by atoms with Crippen molar-refractivity contribution in [3.63, 3.8) is 0 Å². The molecule has 1 aliphatic rings. The molecule has 0 aromatic heterocycles. The van der Waals surface area contributed by atoms with Gasteiger partial charge in [0.2, 0.25) is 0 Å². The Bertz CT molecular complexity index is 575. The summed E-state index contributed by atoms with van der Waals surface area (Å²) in [5, 5.41) is 0. The van der Waals surface area contributed by atoms with Gasteiger partial charge in [-0.05, 0) is 36.5 Å². The number of carbonyl (C=O) groups excluding carboxylic acids is 1. The summed E-state index contributed by atoms with van der Waals surface area (Å²) in [4.78, 5) is 13.9. The van der Waals surface area contributed by atoms with Crippen LogP contribution in [0.1, 0.15) is 24.3 Å². The summed E-state index contributed by atoms with van der Waals surface area (Å²) < 4.78 is 5.38. The average Bonchev–Trinajstić information content (AvgIpc) is 2.57. The molecule has 21 heavy (non-hydrogen) atoms. The maximum atomic E-state index is 12.1. The molecule has 0 N–H and O–H groups in total. The molecule has 2 aromatic carbocycles. The molecule has 108 valence electrons. The number of likely N-dealkylation sites (tertiary alicyclic amines) is 1. The van der Waals surface area contributed by atoms with Gasteiger partial charge >= 0.3 is 6.09 Å². The second kappa shape index (κ2) is 6.44. The number of hydrogen-bond acceptors (Lipinski definition) is 2. The molecule has 0 atom stereocenters. The van der Waals surface area contributed by atoms with Crippen molar-refractivity contribution in [2.24, 2.45) is 0 Å². The summed E-state index contributed by atoms with van der Waals surface area (Å²) in [6.45, 7) is 1.51. The van der Waals surface area contributed by atoms with Crippen LogP contribution in [0.5, 0.6) is 5.75 Å². The van der Waals surface area contributed by atoms with Crippen molar-refractivity contribution in [3.05, 3.63) is 66.2 Å². The number of piperidine rings is 1. The van der Waals surface area contributed by atoms with Crippen LogP contribution in [0, 0.1) is 0 Å². The van der Waals surface area contributed by atoms with Crippen molar-refractivity contribution < 1.29 is 9.53 Å². The predicted molar refractivity (Wildman–Crippen MR) is 82.5 cm³/mol. The third kappa shape index (κ3) is 3.43. The Kier molecular flexibility index (Phi) is 4.20. The van der Waals surface area contributed by atoms with Gasteiger partial charge in [-0.2, -0.15) is 0 Å². The fourth-order valence-electron chi connectivity index (χ4n) is 2.77. The third-order valence-electron chi connectivity index (χ3n) is 3.97. The highest BCUT2D eigenvalue weighted by Gasteiger charge is 2.24. The number of benzene rings is 2. The van der Waals surface area contributed by atoms with Gasteiger partial charge in [0.05, 0.1) is 0 Å². The fraction of sp³-hybridized carbons (Fsp3) is 0.278. The van der Waals surface area contributed by atoms with Gasteiger partial charge in [0.15, 0.2) is 0 Å². The SMILES string of the molecule is O=C(Oc1ccccc1)N1CCC(c2ccccc2)CC1. The van der Waals surface area contributed by atoms with Gasteiger partial charge in [-0.25, -0.2) is 4.79 Å². The van der Waals surface area contributed by atoms with Crippen molar-refractivity contribution in [3.8, 4) is 5.75 Å². The molecule has 0 unspecified atom stereocenters. The highest BCUT2D eigenvalue weighted by atomic mass is 16.6. The minimum absolute atomic E-state index is 0.243. The molecule has 1 heterocycles. The number of para-hydroxylation sites is 1. The maximum Gasteiger partial charge on any atom is 0.415 e. The quantitative estimate of drug-likeness (QED) is 0.830. The first-order valence-electron chi connectivity index (χ1n) is 7.39. The molecule has 0 spiro atoms. The first-order valence-corrected chi connectivity index (χ1v) is 7.39. The molecule has 0 bridgehead atoms. The Balaban J connectivity index is 1.55. The number of ether oxygens (including phenoxy) is 1. The van der Waals surface area contributed by atoms with Gasteiger partial charge in [-0.3, -0.25) is 0 Å². The van der Waals surface area contributed by atoms with Crippen LogP contribution in [0.2, 0.25) is 0 Å². The Morgan fingerprint density at radius 1 is 0.905 bits per heavy atom. The normalized spacial score (nSPS) is 15.7. The van der Waals surface area contributed by atoms with Gasteiger partial charge in [-0.1, -0.05) is 48.5 Å². The lowest BCUT2D eigenvalue weighted by atomic mass is 9.90. The maximum absolute atomic E-state index is 12.1. The van der Waals surface area contributed by atoms with Crippen molar-refractivity contribution in [2.75, 3.05) is 13.1 Å². The molecule has 3 nitrogen and oxygen atoms in total. The van der Waals surface area contributed by atoms with E-state index in [9.17, 15) is 4.79 Å². The molecule has 2 aromatic rings. The van der Waals surface area contributed by atoms with E-state index < -0.39 is 0 Å². The Morgan fingerprint density at radius 2 is 1.48 bits per heavy atom. The monoisotopic (exact) mass is 281 g/mol. The van der Waals surface area contributed by atoms with E-state index in [1.807, 2.05) is 24.3 Å². The standard InChI is InChI=1S/C18H19NO2/c20-18(21-17-9-5-2-6-10-17)19-13-11-16(12-14-19)15-7-3-1-4-8-15/h1-10,16H,11-14H2. The second-order valence-corrected chi connectivity index (χ2v) is 5.35. The van der Waals surface area contributed by atoms with E-state index in [2.05, 4.69) is 24.3 Å². The minimum atomic E-state index is -0.243. The molecule has 0 saturated carbocycles. The summed E-state index contributed by atoms with van der Waals surface area (Å²) in [5.74, 6) is 1.15. The highest BCUT2D eigenvalue weighted by Crippen LogP contribution is 2.28. The lowest BCUT2D eigenvalue weighted by Gasteiger charge is -2.31. The van der Waals surface area contributed by atoms with Crippen LogP contribution in [0.3, 0.4) is 0 Å². The van der Waals surface area contributed by atoms with E-state index in [1.54, 1.807) is 17.0 Å². The van der Waals surface area contributed by atoms with Crippen LogP contribution in [0.4, 0.5) is 4.79 Å². The molecule has 1 amide bonds. The van der Waals surface area contributed by atoms with Crippen LogP contribution < -0.4 is 4.74 Å². The van der Waals surface area contributed by atoms with Crippen LogP contribution >= 0.6 is 0 Å². The molecule has 3 rings (SSSR count). The molecule has 0 aliphatic carbocycles. The van der Waals surface area contributed by atoms with Crippen LogP contribution in [-0.2, 0) is 0 Å². The van der Waals surface area contributed by atoms with Crippen molar-refractivity contribution in [1.29, 1.82) is 0 Å². The number of carbonyl (C=O) groups is 1. The summed E-state index contributed by atoms with van der Waals surface area (Å²) in [5.41, 5.74) is 1.37. The topological polar surface area (TPSA) is 29.5 Å². The van der Waals surface area contributed by atoms with Crippen LogP contribution in [0.15, 0.2) is 60.7 Å². The third-order valence-corrected chi connectivity index (χ3v) is 3.97. The zero-order chi connectivity index (χ0) is 14.5. The van der Waals surface area contributed by atoms with E-state index >= 15 is 0 Å². The van der Waals surface area contributed by atoms with E-state index in [-0.39, 0.29) is 6.09 Å². The van der Waals surface area contributed by atoms with Gasteiger partial charge in [0.25, 0.3) is 0 Å². The summed E-state index contributed by atoms with van der Waals surface area (Å²) >= 11 is 0. The number of amides is 1. The zero-order valence-corrected chi connectivity index (χ0v) is 11.9. The molecular formula is C18H19NO2. The van der Waals surface area contributed by atoms with E-state index in [4.69, 9.17) is 4.74 Å². The van der Waals surface area contributed by atoms with Crippen LogP contribution in [-0.4, -0.2) is 24.1 Å². The predicted octanol–water partition coefficient (Wildman–Crippen LogP) is 4.07. The molecule has 0 radical (unpaired) electrons. The first-order chi connectivity index (χ1) is 10.3. The number of hydrogen-bond donors (Lipinski definition) is 0. The summed E-state index contributed by atoms with van der Waals surface area (Å²) in [6.07, 6.45) is 1.75. The Labute approximate surface area is 125 Å². The van der Waals surface area contributed by atoms with Crippen molar-refractivity contribution in [1.82, 2.24) is 4.90 Å². The van der Waals surface area contributed by atoms with Gasteiger partial charge in [0.1, 0.15) is 5.75 Å². The van der Waals surface area contributed by atoms with Gasteiger partial charge in [-0.15, -0.1) is 0 Å². The molecule has 1 fully saturated rings. The molecule has 1 saturated heterocycles. The number of nitrogens with zero attached hydrogens (tertiary/aromatic N) is 1. The summed E-state index contributed by atoms with van der Waals surface area (Å²) in [7, 11) is 0. The Hall–Kier alpha value is -2.29. The Morgan fingerprint density at radius 3 is 2.10 bits per heavy atom. The van der Waals surface area contributed by atoms with E-state index in [0.717, 1.165) is 25.9 Å². The minimum Gasteiger partial charge on any atom is -0.410 e. The first kappa shape index (κ1) is 13.7. The second-order valence-electron chi connectivity index (χ2n) is 5.35. The largest absolute Gasteiger partial charge is 0.415 e. The zero-order valence-electron chi connectivity index (χ0n) is 11.9. The highest BCUT2D eigenvalue weighted by molar-refractivity contribution is 5.70. The molecular weight excluding hydrogens is 262 g/mol. The average molecular weight is 281 g/mol. The van der Waals surface area contributed by atoms with Gasteiger partial charge in [0, 0.05) is 13.1 Å². The lowest BCUT2D eigenvalue weighted by Crippen LogP contribution is -2.39.